The van der Waals surface area contributed by atoms with Gasteiger partial charge in [0.15, 0.2) is 5.78 Å². The standard InChI is InChI=1S/C13H14N2OS/c1-7-8(2)15-13(9(3)14-7)12-6-5-11(17-12)10(4)16/h5-6H,1-4H3. The van der Waals surface area contributed by atoms with Gasteiger partial charge < -0.3 is 0 Å². The molecule has 0 atom stereocenters. The van der Waals surface area contributed by atoms with Crippen LogP contribution in [0, 0.1) is 20.8 Å². The van der Waals surface area contributed by atoms with Gasteiger partial charge in [-0.2, -0.15) is 0 Å². The fourth-order valence-corrected chi connectivity index (χ4v) is 2.55. The van der Waals surface area contributed by atoms with Crippen LogP contribution < -0.4 is 0 Å². The molecule has 0 N–H and O–H groups in total. The minimum absolute atomic E-state index is 0.0932. The minimum atomic E-state index is 0.0932. The van der Waals surface area contributed by atoms with Crippen LogP contribution in [0.3, 0.4) is 0 Å². The van der Waals surface area contributed by atoms with Crippen LogP contribution in [0.1, 0.15) is 33.7 Å². The Hall–Kier alpha value is -1.55. The first-order chi connectivity index (χ1) is 7.99. The minimum Gasteiger partial charge on any atom is -0.294 e. The van der Waals surface area contributed by atoms with Gasteiger partial charge in [-0.15, -0.1) is 11.3 Å². The number of ketones is 1. The second-order valence-electron chi connectivity index (χ2n) is 4.05. The predicted molar refractivity (Wildman–Crippen MR) is 69.6 cm³/mol. The van der Waals surface area contributed by atoms with Crippen molar-refractivity contribution in [3.63, 3.8) is 0 Å². The molecule has 2 aromatic rings. The molecule has 0 bridgehead atoms. The molecule has 0 aliphatic carbocycles. The molecule has 4 heteroatoms. The van der Waals surface area contributed by atoms with Gasteiger partial charge >= 0.3 is 0 Å². The van der Waals surface area contributed by atoms with E-state index in [1.807, 2.05) is 32.9 Å². The van der Waals surface area contributed by atoms with Gasteiger partial charge in [0, 0.05) is 0 Å². The van der Waals surface area contributed by atoms with Gasteiger partial charge in [0.1, 0.15) is 5.69 Å². The molecule has 0 radical (unpaired) electrons. The molecule has 0 aromatic carbocycles. The van der Waals surface area contributed by atoms with Crippen LogP contribution in [0.25, 0.3) is 10.6 Å². The summed E-state index contributed by atoms with van der Waals surface area (Å²) in [6, 6.07) is 3.78. The molecule has 2 heterocycles. The molecule has 0 spiro atoms. The lowest BCUT2D eigenvalue weighted by molar-refractivity contribution is 0.102. The van der Waals surface area contributed by atoms with Crippen molar-refractivity contribution in [3.05, 3.63) is 34.1 Å². The van der Waals surface area contributed by atoms with E-state index in [0.29, 0.717) is 0 Å². The Bertz CT molecular complexity index is 587. The van der Waals surface area contributed by atoms with E-state index < -0.39 is 0 Å². The van der Waals surface area contributed by atoms with E-state index in [-0.39, 0.29) is 5.78 Å². The van der Waals surface area contributed by atoms with Crippen molar-refractivity contribution in [3.8, 4) is 10.6 Å². The number of rotatable bonds is 2. The maximum Gasteiger partial charge on any atom is 0.169 e. The molecule has 3 nitrogen and oxygen atoms in total. The highest BCUT2D eigenvalue weighted by Crippen LogP contribution is 2.29. The first-order valence-corrected chi connectivity index (χ1v) is 6.23. The van der Waals surface area contributed by atoms with Crippen LogP contribution in [-0.2, 0) is 0 Å². The van der Waals surface area contributed by atoms with Crippen molar-refractivity contribution in [2.75, 3.05) is 0 Å². The second-order valence-corrected chi connectivity index (χ2v) is 5.13. The molecule has 0 saturated carbocycles. The number of hydrogen-bond donors (Lipinski definition) is 0. The maximum atomic E-state index is 11.3. The summed E-state index contributed by atoms with van der Waals surface area (Å²) in [7, 11) is 0. The Labute approximate surface area is 105 Å². The summed E-state index contributed by atoms with van der Waals surface area (Å²) in [5, 5.41) is 0. The van der Waals surface area contributed by atoms with Gasteiger partial charge in [0.05, 0.1) is 26.8 Å². The van der Waals surface area contributed by atoms with Crippen molar-refractivity contribution in [1.82, 2.24) is 9.97 Å². The van der Waals surface area contributed by atoms with Crippen LogP contribution in [0.2, 0.25) is 0 Å². The number of thiophene rings is 1. The molecule has 17 heavy (non-hydrogen) atoms. The lowest BCUT2D eigenvalue weighted by Crippen LogP contribution is -1.97. The summed E-state index contributed by atoms with van der Waals surface area (Å²) in [6.07, 6.45) is 0. The maximum absolute atomic E-state index is 11.3. The summed E-state index contributed by atoms with van der Waals surface area (Å²) < 4.78 is 0. The topological polar surface area (TPSA) is 42.9 Å². The van der Waals surface area contributed by atoms with E-state index in [2.05, 4.69) is 9.97 Å². The van der Waals surface area contributed by atoms with E-state index in [0.717, 1.165) is 32.5 Å². The van der Waals surface area contributed by atoms with Crippen LogP contribution in [0.15, 0.2) is 12.1 Å². The van der Waals surface area contributed by atoms with Gasteiger partial charge in [-0.05, 0) is 39.8 Å². The molecule has 0 amide bonds. The highest BCUT2D eigenvalue weighted by atomic mass is 32.1. The number of aryl methyl sites for hydroxylation is 3. The fourth-order valence-electron chi connectivity index (χ4n) is 1.60. The van der Waals surface area contributed by atoms with Gasteiger partial charge in [0.25, 0.3) is 0 Å². The van der Waals surface area contributed by atoms with Gasteiger partial charge in [-0.3, -0.25) is 9.78 Å². The van der Waals surface area contributed by atoms with Crippen molar-refractivity contribution in [2.24, 2.45) is 0 Å². The number of Topliss-reactive ketones (excluding diaryl/α,β-unsaturated/α-hetero) is 1. The molecular formula is C13H14N2OS. The first-order valence-electron chi connectivity index (χ1n) is 5.42. The van der Waals surface area contributed by atoms with Crippen molar-refractivity contribution in [2.45, 2.75) is 27.7 Å². The largest absolute Gasteiger partial charge is 0.294 e. The van der Waals surface area contributed by atoms with E-state index in [1.54, 1.807) is 6.92 Å². The number of carbonyl (C=O) groups excluding carboxylic acids is 1. The smallest absolute Gasteiger partial charge is 0.169 e. The SMILES string of the molecule is CC(=O)c1ccc(-c2nc(C)c(C)nc2C)s1. The number of nitrogens with zero attached hydrogens (tertiary/aromatic N) is 2. The molecule has 0 fully saturated rings. The fraction of sp³-hybridized carbons (Fsp3) is 0.308. The van der Waals surface area contributed by atoms with Crippen LogP contribution in [0.4, 0.5) is 0 Å². The third-order valence-corrected chi connectivity index (χ3v) is 3.86. The molecular weight excluding hydrogens is 232 g/mol. The van der Waals surface area contributed by atoms with E-state index in [1.165, 1.54) is 11.3 Å². The van der Waals surface area contributed by atoms with Crippen molar-refractivity contribution in [1.29, 1.82) is 0 Å². The summed E-state index contributed by atoms with van der Waals surface area (Å²) in [6.45, 7) is 7.43. The zero-order valence-electron chi connectivity index (χ0n) is 10.4. The zero-order valence-corrected chi connectivity index (χ0v) is 11.2. The van der Waals surface area contributed by atoms with E-state index in [4.69, 9.17) is 0 Å². The molecule has 0 aliphatic heterocycles. The Morgan fingerprint density at radius 2 is 1.71 bits per heavy atom. The van der Waals surface area contributed by atoms with Crippen molar-refractivity contribution >= 4 is 17.1 Å². The second kappa shape index (κ2) is 4.37. The highest BCUT2D eigenvalue weighted by Gasteiger charge is 2.11. The number of hydrogen-bond acceptors (Lipinski definition) is 4. The molecule has 0 unspecified atom stereocenters. The van der Waals surface area contributed by atoms with Gasteiger partial charge in [-0.1, -0.05) is 0 Å². The van der Waals surface area contributed by atoms with E-state index in [9.17, 15) is 4.79 Å². The Kier molecular flexibility index (Phi) is 3.07. The average Bonchev–Trinajstić information content (AvgIpc) is 2.72. The Morgan fingerprint density at radius 1 is 1.06 bits per heavy atom. The van der Waals surface area contributed by atoms with Crippen LogP contribution in [-0.4, -0.2) is 15.8 Å². The third-order valence-electron chi connectivity index (χ3n) is 2.67. The van der Waals surface area contributed by atoms with Gasteiger partial charge in [-0.25, -0.2) is 4.98 Å². The van der Waals surface area contributed by atoms with Crippen LogP contribution in [0.5, 0.6) is 0 Å². The quantitative estimate of drug-likeness (QED) is 0.763. The van der Waals surface area contributed by atoms with E-state index >= 15 is 0 Å². The number of carbonyl (C=O) groups is 1. The lowest BCUT2D eigenvalue weighted by Gasteiger charge is -2.05. The average molecular weight is 246 g/mol. The predicted octanol–water partition coefficient (Wildman–Crippen LogP) is 3.33. The van der Waals surface area contributed by atoms with Crippen LogP contribution >= 0.6 is 11.3 Å². The third kappa shape index (κ3) is 2.26. The van der Waals surface area contributed by atoms with Gasteiger partial charge in [0.2, 0.25) is 0 Å². The molecule has 0 saturated heterocycles. The molecule has 88 valence electrons. The first kappa shape index (κ1) is 11.9. The summed E-state index contributed by atoms with van der Waals surface area (Å²) in [5.41, 5.74) is 3.67. The lowest BCUT2D eigenvalue weighted by atomic mass is 10.2. The monoisotopic (exact) mass is 246 g/mol. The Morgan fingerprint density at radius 3 is 2.29 bits per heavy atom. The summed E-state index contributed by atoms with van der Waals surface area (Å²) >= 11 is 1.47. The zero-order chi connectivity index (χ0) is 12.6. The molecule has 0 aliphatic rings. The number of aromatic nitrogens is 2. The summed E-state index contributed by atoms with van der Waals surface area (Å²) in [4.78, 5) is 22.1. The highest BCUT2D eigenvalue weighted by molar-refractivity contribution is 7.17. The normalized spacial score (nSPS) is 10.6. The molecule has 2 aromatic heterocycles. The Balaban J connectivity index is 2.52. The van der Waals surface area contributed by atoms with Crippen molar-refractivity contribution < 1.29 is 4.79 Å². The summed E-state index contributed by atoms with van der Waals surface area (Å²) in [5.74, 6) is 0.0932. The molecule has 2 rings (SSSR count).